The zero-order valence-electron chi connectivity index (χ0n) is 12.3. The maximum atomic E-state index is 9.83. The summed E-state index contributed by atoms with van der Waals surface area (Å²) in [7, 11) is -0.778. The molecule has 6 nitrogen and oxygen atoms in total. The van der Waals surface area contributed by atoms with Crippen LogP contribution in [0.4, 0.5) is 11.6 Å². The molecule has 2 aromatic rings. The van der Waals surface area contributed by atoms with Crippen LogP contribution < -0.4 is 20.2 Å². The molecule has 4 rings (SSSR count). The van der Waals surface area contributed by atoms with Crippen molar-refractivity contribution in [2.75, 3.05) is 36.0 Å². The molecular weight excluding hydrogens is 279 g/mol. The van der Waals surface area contributed by atoms with Crippen LogP contribution in [0.2, 0.25) is 0 Å². The van der Waals surface area contributed by atoms with Crippen molar-refractivity contribution in [2.24, 2.45) is 0 Å². The third-order valence-corrected chi connectivity index (χ3v) is 4.33. The standard InChI is InChI=1S/C15H17BN4O2/c21-16-14-10-13(3-2-12(14)11-22-16)19-6-8-20(9-7-19)15-17-4-1-5-18-15/h1-5,10,21H,6-9,11H2/p+1. The molecule has 22 heavy (non-hydrogen) atoms. The monoisotopic (exact) mass is 297 g/mol. The first-order chi connectivity index (χ1) is 10.8. The number of benzene rings is 1. The van der Waals surface area contributed by atoms with Crippen molar-refractivity contribution in [3.63, 3.8) is 0 Å². The third kappa shape index (κ3) is 2.42. The quantitative estimate of drug-likeness (QED) is 0.753. The molecule has 1 aromatic carbocycles. The Balaban J connectivity index is 1.47. The van der Waals surface area contributed by atoms with Gasteiger partial charge in [-0.2, -0.15) is 0 Å². The Morgan fingerprint density at radius 3 is 2.77 bits per heavy atom. The molecule has 0 saturated carbocycles. The molecule has 0 spiro atoms. The number of rotatable bonds is 2. The highest BCUT2D eigenvalue weighted by molar-refractivity contribution is 6.61. The van der Waals surface area contributed by atoms with Crippen molar-refractivity contribution in [3.05, 3.63) is 42.2 Å². The Labute approximate surface area is 129 Å². The fourth-order valence-electron chi connectivity index (χ4n) is 3.06. The Hall–Kier alpha value is -2.12. The molecule has 7 heteroatoms. The van der Waals surface area contributed by atoms with Crippen molar-refractivity contribution in [3.8, 4) is 0 Å². The zero-order chi connectivity index (χ0) is 14.9. The largest absolute Gasteiger partial charge is 0.491 e. The molecule has 2 aliphatic heterocycles. The highest BCUT2D eigenvalue weighted by atomic mass is 16.5. The van der Waals surface area contributed by atoms with Crippen LogP contribution in [0.25, 0.3) is 0 Å². The summed E-state index contributed by atoms with van der Waals surface area (Å²) >= 11 is 0. The summed E-state index contributed by atoms with van der Waals surface area (Å²) in [5, 5.41) is 9.83. The highest BCUT2D eigenvalue weighted by Gasteiger charge is 2.29. The number of hydrogen-bond donors (Lipinski definition) is 1. The molecule has 2 N–H and O–H groups in total. The van der Waals surface area contributed by atoms with Gasteiger partial charge in [0.25, 0.3) is 0 Å². The molecule has 112 valence electrons. The van der Waals surface area contributed by atoms with E-state index in [1.807, 2.05) is 12.3 Å². The first kappa shape index (κ1) is 13.5. The van der Waals surface area contributed by atoms with E-state index in [1.54, 1.807) is 6.20 Å². The topological polar surface area (TPSA) is 63.0 Å². The van der Waals surface area contributed by atoms with E-state index < -0.39 is 7.12 Å². The minimum absolute atomic E-state index is 0.500. The van der Waals surface area contributed by atoms with Gasteiger partial charge in [0.15, 0.2) is 0 Å². The van der Waals surface area contributed by atoms with E-state index in [1.165, 1.54) is 0 Å². The van der Waals surface area contributed by atoms with Crippen LogP contribution in [-0.2, 0) is 11.3 Å². The summed E-state index contributed by atoms with van der Waals surface area (Å²) in [5.41, 5.74) is 3.13. The number of fused-ring (bicyclic) bond motifs is 1. The number of piperazine rings is 1. The molecule has 1 fully saturated rings. The van der Waals surface area contributed by atoms with Crippen molar-refractivity contribution in [1.82, 2.24) is 4.98 Å². The summed E-state index contributed by atoms with van der Waals surface area (Å²) in [6.45, 7) is 4.20. The molecule has 3 heterocycles. The smallest absolute Gasteiger partial charge is 0.423 e. The lowest BCUT2D eigenvalue weighted by molar-refractivity contribution is -0.368. The van der Waals surface area contributed by atoms with Gasteiger partial charge in [0.2, 0.25) is 0 Å². The maximum absolute atomic E-state index is 9.83. The van der Waals surface area contributed by atoms with E-state index in [-0.39, 0.29) is 0 Å². The minimum Gasteiger partial charge on any atom is -0.423 e. The lowest BCUT2D eigenvalue weighted by Gasteiger charge is -2.32. The van der Waals surface area contributed by atoms with Crippen LogP contribution in [-0.4, -0.2) is 43.3 Å². The second-order valence-corrected chi connectivity index (χ2v) is 5.63. The van der Waals surface area contributed by atoms with E-state index in [0.717, 1.165) is 48.8 Å². The fourth-order valence-corrected chi connectivity index (χ4v) is 3.06. The number of nitrogens with zero attached hydrogens (tertiary/aromatic N) is 3. The van der Waals surface area contributed by atoms with Gasteiger partial charge in [0.1, 0.15) is 6.20 Å². The molecule has 0 radical (unpaired) electrons. The van der Waals surface area contributed by atoms with Gasteiger partial charge < -0.3 is 14.6 Å². The minimum atomic E-state index is -0.778. The van der Waals surface area contributed by atoms with Gasteiger partial charge in [-0.3, -0.25) is 4.90 Å². The van der Waals surface area contributed by atoms with Crippen molar-refractivity contribution < 1.29 is 14.7 Å². The van der Waals surface area contributed by atoms with Gasteiger partial charge in [0.05, 0.1) is 25.9 Å². The number of nitrogens with one attached hydrogen (secondary N) is 1. The maximum Gasteiger partial charge on any atom is 0.491 e. The fraction of sp³-hybridized carbons (Fsp3) is 0.333. The van der Waals surface area contributed by atoms with Crippen LogP contribution >= 0.6 is 0 Å². The van der Waals surface area contributed by atoms with E-state index in [2.05, 4.69) is 38.0 Å². The van der Waals surface area contributed by atoms with E-state index in [0.29, 0.717) is 6.61 Å². The summed E-state index contributed by atoms with van der Waals surface area (Å²) in [6.07, 6.45) is 3.71. The second-order valence-electron chi connectivity index (χ2n) is 5.63. The van der Waals surface area contributed by atoms with Gasteiger partial charge in [-0.05, 0) is 23.2 Å². The van der Waals surface area contributed by atoms with Crippen LogP contribution in [0.15, 0.2) is 36.7 Å². The van der Waals surface area contributed by atoms with Gasteiger partial charge in [-0.25, -0.2) is 4.98 Å². The zero-order valence-corrected chi connectivity index (χ0v) is 12.3. The second kappa shape index (κ2) is 5.59. The summed E-state index contributed by atoms with van der Waals surface area (Å²) in [4.78, 5) is 12.1. The van der Waals surface area contributed by atoms with E-state index >= 15 is 0 Å². The first-order valence-electron chi connectivity index (χ1n) is 7.56. The number of aromatic amines is 1. The van der Waals surface area contributed by atoms with Crippen molar-refractivity contribution in [1.29, 1.82) is 0 Å². The lowest BCUT2D eigenvalue weighted by Crippen LogP contribution is -2.48. The molecule has 1 aromatic heterocycles. The SMILES string of the molecule is OB1OCc2ccc(N3CCN(c4nccc[nH+]4)CC3)cc21. The Morgan fingerprint density at radius 2 is 2.00 bits per heavy atom. The predicted octanol–water partition coefficient (Wildman–Crippen LogP) is -0.560. The first-order valence-corrected chi connectivity index (χ1v) is 7.56. The average molecular weight is 297 g/mol. The molecule has 0 aliphatic carbocycles. The number of anilines is 2. The Kier molecular flexibility index (Phi) is 3.44. The summed E-state index contributed by atoms with van der Waals surface area (Å²) in [6, 6.07) is 8.11. The average Bonchev–Trinajstić information content (AvgIpc) is 2.96. The molecule has 2 aliphatic rings. The third-order valence-electron chi connectivity index (χ3n) is 4.33. The number of hydrogen-bond acceptors (Lipinski definition) is 5. The van der Waals surface area contributed by atoms with Crippen LogP contribution in [0.1, 0.15) is 5.56 Å². The molecule has 0 unspecified atom stereocenters. The number of aromatic nitrogens is 2. The Morgan fingerprint density at radius 1 is 1.18 bits per heavy atom. The predicted molar refractivity (Wildman–Crippen MR) is 84.1 cm³/mol. The van der Waals surface area contributed by atoms with Crippen LogP contribution in [0.3, 0.4) is 0 Å². The van der Waals surface area contributed by atoms with Crippen molar-refractivity contribution in [2.45, 2.75) is 6.61 Å². The Bertz CT molecular complexity index is 662. The van der Waals surface area contributed by atoms with Gasteiger partial charge in [0, 0.05) is 24.8 Å². The summed E-state index contributed by atoms with van der Waals surface area (Å²) in [5.74, 6) is 0.917. The molecule has 0 bridgehead atoms. The van der Waals surface area contributed by atoms with Crippen LogP contribution in [0.5, 0.6) is 0 Å². The van der Waals surface area contributed by atoms with Gasteiger partial charge in [-0.15, -0.1) is 0 Å². The molecular formula is C15H18BN4O2+. The number of H-pyrrole nitrogens is 1. The molecule has 1 saturated heterocycles. The van der Waals surface area contributed by atoms with Gasteiger partial charge >= 0.3 is 13.1 Å². The lowest BCUT2D eigenvalue weighted by atomic mass is 9.79. The van der Waals surface area contributed by atoms with Crippen molar-refractivity contribution >= 4 is 24.2 Å². The molecule has 0 atom stereocenters. The van der Waals surface area contributed by atoms with Gasteiger partial charge in [-0.1, -0.05) is 11.1 Å². The van der Waals surface area contributed by atoms with E-state index in [4.69, 9.17) is 4.65 Å². The van der Waals surface area contributed by atoms with E-state index in [9.17, 15) is 5.02 Å². The normalized spacial score (nSPS) is 17.8. The molecule has 0 amide bonds. The van der Waals surface area contributed by atoms with Crippen LogP contribution in [0, 0.1) is 0 Å². The summed E-state index contributed by atoms with van der Waals surface area (Å²) < 4.78 is 5.26. The highest BCUT2D eigenvalue weighted by Crippen LogP contribution is 2.20.